The van der Waals surface area contributed by atoms with E-state index in [0.717, 1.165) is 35.0 Å². The van der Waals surface area contributed by atoms with Gasteiger partial charge in [0.15, 0.2) is 0 Å². The van der Waals surface area contributed by atoms with Gasteiger partial charge in [-0.25, -0.2) is 9.59 Å². The molecule has 1 aliphatic carbocycles. The van der Waals surface area contributed by atoms with Crippen LogP contribution in [0.2, 0.25) is 0 Å². The molecule has 1 amide bonds. The molecule has 0 radical (unpaired) electrons. The monoisotopic (exact) mass is 421 g/mol. The number of carbonyl (C=O) groups is 2. The van der Waals surface area contributed by atoms with Gasteiger partial charge in [-0.3, -0.25) is 5.32 Å². The van der Waals surface area contributed by atoms with E-state index in [2.05, 4.69) is 9.88 Å². The lowest BCUT2D eigenvalue weighted by Gasteiger charge is -2.30. The quantitative estimate of drug-likeness (QED) is 0.541. The molecule has 31 heavy (non-hydrogen) atoms. The van der Waals surface area contributed by atoms with E-state index >= 15 is 0 Å². The van der Waals surface area contributed by atoms with Crippen LogP contribution in [0, 0.1) is 0 Å². The molecule has 0 aliphatic heterocycles. The van der Waals surface area contributed by atoms with E-state index in [9.17, 15) is 9.59 Å². The predicted molar refractivity (Wildman–Crippen MR) is 121 cm³/mol. The Morgan fingerprint density at radius 2 is 1.84 bits per heavy atom. The third kappa shape index (κ3) is 3.95. The number of fused-ring (bicyclic) bond motifs is 1. The zero-order valence-corrected chi connectivity index (χ0v) is 18.0. The molecular weight excluding hydrogens is 394 g/mol. The predicted octanol–water partition coefficient (Wildman–Crippen LogP) is 5.36. The molecule has 2 aromatic carbocycles. The Morgan fingerprint density at radius 3 is 2.42 bits per heavy atom. The normalized spacial score (nSPS) is 13.8. The van der Waals surface area contributed by atoms with Crippen molar-refractivity contribution in [2.45, 2.75) is 45.3 Å². The van der Waals surface area contributed by atoms with E-state index < -0.39 is 6.09 Å². The number of ether oxygens (including phenoxy) is 2. The lowest BCUT2D eigenvalue weighted by molar-refractivity contribution is 0.0600. The van der Waals surface area contributed by atoms with Crippen molar-refractivity contribution in [3.8, 4) is 11.3 Å². The number of nitrogens with one attached hydrogen (secondary N) is 1. The molecule has 0 bridgehead atoms. The van der Waals surface area contributed by atoms with Crippen molar-refractivity contribution < 1.29 is 19.1 Å². The topological polar surface area (TPSA) is 95.6 Å². The molecule has 162 valence electrons. The Kier molecular flexibility index (Phi) is 5.59. The minimum absolute atomic E-state index is 0.188. The minimum atomic E-state index is -0.485. The van der Waals surface area contributed by atoms with Crippen molar-refractivity contribution in [1.82, 2.24) is 4.57 Å². The molecule has 1 aliphatic rings. The Hall–Kier alpha value is -3.48. The molecule has 7 heteroatoms. The largest absolute Gasteiger partial charge is 0.465 e. The number of hydrogen-bond acceptors (Lipinski definition) is 5. The number of anilines is 2. The number of aromatic nitrogens is 1. The smallest absolute Gasteiger partial charge is 0.411 e. The van der Waals surface area contributed by atoms with E-state index in [1.807, 2.05) is 36.4 Å². The summed E-state index contributed by atoms with van der Waals surface area (Å²) in [5, 5.41) is 3.64. The van der Waals surface area contributed by atoms with E-state index in [0.29, 0.717) is 23.0 Å². The fraction of sp³-hybridized carbons (Fsp3) is 0.333. The van der Waals surface area contributed by atoms with Crippen LogP contribution in [0.4, 0.5) is 16.2 Å². The van der Waals surface area contributed by atoms with Gasteiger partial charge >= 0.3 is 12.1 Å². The number of nitrogens with zero attached hydrogens (tertiary/aromatic N) is 1. The standard InChI is InChI=1S/C24H27N3O4/c1-14(2)31-24(29)26-17-10-7-15(8-11-17)22-21(25)19-12-9-16(23(28)30-3)13-20(19)27(22)18-5-4-6-18/h7-14,18H,4-6,25H2,1-3H3,(H,26,29). The second-order valence-electron chi connectivity index (χ2n) is 8.10. The Morgan fingerprint density at radius 1 is 1.13 bits per heavy atom. The zero-order chi connectivity index (χ0) is 22.1. The molecule has 3 aromatic rings. The Bertz CT molecular complexity index is 1130. The summed E-state index contributed by atoms with van der Waals surface area (Å²) in [4.78, 5) is 23.9. The number of methoxy groups -OCH3 is 1. The van der Waals surface area contributed by atoms with Gasteiger partial charge in [0.05, 0.1) is 35.7 Å². The van der Waals surface area contributed by atoms with Gasteiger partial charge < -0.3 is 19.8 Å². The second kappa shape index (κ2) is 8.34. The summed E-state index contributed by atoms with van der Waals surface area (Å²) < 4.78 is 12.3. The summed E-state index contributed by atoms with van der Waals surface area (Å²) in [6.45, 7) is 3.60. The van der Waals surface area contributed by atoms with Crippen LogP contribution >= 0.6 is 0 Å². The first-order valence-corrected chi connectivity index (χ1v) is 10.5. The average molecular weight is 421 g/mol. The summed E-state index contributed by atoms with van der Waals surface area (Å²) in [6.07, 6.45) is 2.63. The third-order valence-corrected chi connectivity index (χ3v) is 5.65. The van der Waals surface area contributed by atoms with Crippen LogP contribution in [-0.4, -0.2) is 29.8 Å². The highest BCUT2D eigenvalue weighted by Gasteiger charge is 2.27. The van der Waals surface area contributed by atoms with Gasteiger partial charge in [-0.2, -0.15) is 0 Å². The summed E-state index contributed by atoms with van der Waals surface area (Å²) >= 11 is 0. The highest BCUT2D eigenvalue weighted by molar-refractivity contribution is 6.04. The zero-order valence-electron chi connectivity index (χ0n) is 18.0. The number of amides is 1. The first-order valence-electron chi connectivity index (χ1n) is 10.5. The molecule has 0 atom stereocenters. The summed E-state index contributed by atoms with van der Waals surface area (Å²) in [5.74, 6) is -0.368. The number of nitrogens with two attached hydrogens (primary N) is 1. The van der Waals surface area contributed by atoms with Crippen molar-refractivity contribution in [3.05, 3.63) is 48.0 Å². The molecule has 0 saturated heterocycles. The maximum Gasteiger partial charge on any atom is 0.411 e. The van der Waals surface area contributed by atoms with Crippen LogP contribution in [0.5, 0.6) is 0 Å². The van der Waals surface area contributed by atoms with Crippen LogP contribution in [0.25, 0.3) is 22.2 Å². The van der Waals surface area contributed by atoms with Crippen LogP contribution in [-0.2, 0) is 9.47 Å². The van der Waals surface area contributed by atoms with E-state index in [4.69, 9.17) is 15.2 Å². The van der Waals surface area contributed by atoms with Gasteiger partial charge in [-0.1, -0.05) is 12.1 Å². The lowest BCUT2D eigenvalue weighted by Crippen LogP contribution is -2.18. The fourth-order valence-corrected chi connectivity index (χ4v) is 3.97. The molecule has 3 N–H and O–H groups in total. The number of benzene rings is 2. The van der Waals surface area contributed by atoms with Crippen molar-refractivity contribution in [1.29, 1.82) is 0 Å². The van der Waals surface area contributed by atoms with E-state index in [1.165, 1.54) is 13.5 Å². The van der Waals surface area contributed by atoms with Crippen LogP contribution < -0.4 is 11.1 Å². The van der Waals surface area contributed by atoms with Crippen molar-refractivity contribution in [2.75, 3.05) is 18.2 Å². The number of rotatable bonds is 5. The van der Waals surface area contributed by atoms with Gasteiger partial charge in [0, 0.05) is 22.7 Å². The van der Waals surface area contributed by atoms with Crippen molar-refractivity contribution >= 4 is 34.3 Å². The van der Waals surface area contributed by atoms with Crippen LogP contribution in [0.3, 0.4) is 0 Å². The molecule has 0 spiro atoms. The summed E-state index contributed by atoms with van der Waals surface area (Å²) in [6, 6.07) is 13.4. The fourth-order valence-electron chi connectivity index (χ4n) is 3.97. The first kappa shape index (κ1) is 20.8. The van der Waals surface area contributed by atoms with Gasteiger partial charge in [0.25, 0.3) is 0 Å². The van der Waals surface area contributed by atoms with Crippen molar-refractivity contribution in [2.24, 2.45) is 0 Å². The Balaban J connectivity index is 1.75. The molecular formula is C24H27N3O4. The Labute approximate surface area is 181 Å². The molecule has 4 rings (SSSR count). The van der Waals surface area contributed by atoms with Gasteiger partial charge in [-0.05, 0) is 63.4 Å². The molecule has 0 unspecified atom stereocenters. The van der Waals surface area contributed by atoms with Gasteiger partial charge in [-0.15, -0.1) is 0 Å². The van der Waals surface area contributed by atoms with E-state index in [-0.39, 0.29) is 12.1 Å². The lowest BCUT2D eigenvalue weighted by atomic mass is 9.92. The molecule has 1 heterocycles. The third-order valence-electron chi connectivity index (χ3n) is 5.65. The highest BCUT2D eigenvalue weighted by Crippen LogP contribution is 2.44. The number of esters is 1. The van der Waals surface area contributed by atoms with E-state index in [1.54, 1.807) is 19.9 Å². The maximum atomic E-state index is 12.1. The maximum absolute atomic E-state index is 12.1. The number of carbonyl (C=O) groups excluding carboxylic acids is 2. The number of nitrogen functional groups attached to an aromatic ring is 1. The minimum Gasteiger partial charge on any atom is -0.465 e. The highest BCUT2D eigenvalue weighted by atomic mass is 16.6. The van der Waals surface area contributed by atoms with Crippen molar-refractivity contribution in [3.63, 3.8) is 0 Å². The SMILES string of the molecule is COC(=O)c1ccc2c(N)c(-c3ccc(NC(=O)OC(C)C)cc3)n(C3CCC3)c2c1. The first-order chi connectivity index (χ1) is 14.9. The van der Waals surface area contributed by atoms with Gasteiger partial charge in [0.1, 0.15) is 0 Å². The van der Waals surface area contributed by atoms with Gasteiger partial charge in [0.2, 0.25) is 0 Å². The van der Waals surface area contributed by atoms with Crippen LogP contribution in [0.1, 0.15) is 49.5 Å². The average Bonchev–Trinajstić information content (AvgIpc) is 2.98. The molecule has 1 saturated carbocycles. The van der Waals surface area contributed by atoms with Crippen LogP contribution in [0.15, 0.2) is 42.5 Å². The second-order valence-corrected chi connectivity index (χ2v) is 8.10. The number of hydrogen-bond donors (Lipinski definition) is 2. The molecule has 7 nitrogen and oxygen atoms in total. The summed E-state index contributed by atoms with van der Waals surface area (Å²) in [7, 11) is 1.38. The molecule has 1 aromatic heterocycles. The summed E-state index contributed by atoms with van der Waals surface area (Å²) in [5.41, 5.74) is 11.2. The molecule has 1 fully saturated rings.